The minimum atomic E-state index is 0.511. The molecule has 0 aliphatic heterocycles. The Hall–Kier alpha value is -0.640. The molecular weight excluding hydrogens is 318 g/mol. The molecule has 0 saturated carbocycles. The highest BCUT2D eigenvalue weighted by atomic mass is 79.9. The molecule has 102 valence electrons. The van der Waals surface area contributed by atoms with Crippen LogP contribution in [-0.4, -0.2) is 12.6 Å². The van der Waals surface area contributed by atoms with Crippen LogP contribution in [0, 0.1) is 6.92 Å². The van der Waals surface area contributed by atoms with Crippen LogP contribution in [0.1, 0.15) is 22.9 Å². The molecular formula is C16H20BrNS. The fraction of sp³-hybridized carbons (Fsp3) is 0.375. The van der Waals surface area contributed by atoms with Gasteiger partial charge in [0.2, 0.25) is 0 Å². The van der Waals surface area contributed by atoms with Crippen LogP contribution in [0.15, 0.2) is 40.2 Å². The van der Waals surface area contributed by atoms with Gasteiger partial charge in [-0.3, -0.25) is 0 Å². The number of thiophene rings is 1. The molecule has 0 bridgehead atoms. The molecule has 1 aromatic heterocycles. The first-order chi connectivity index (χ1) is 9.19. The predicted octanol–water partition coefficient (Wildman–Crippen LogP) is 4.58. The van der Waals surface area contributed by atoms with E-state index in [9.17, 15) is 0 Å². The van der Waals surface area contributed by atoms with E-state index >= 15 is 0 Å². The van der Waals surface area contributed by atoms with E-state index < -0.39 is 0 Å². The molecule has 1 N–H and O–H groups in total. The van der Waals surface area contributed by atoms with Crippen LogP contribution in [0.4, 0.5) is 0 Å². The van der Waals surface area contributed by atoms with E-state index in [1.54, 1.807) is 0 Å². The van der Waals surface area contributed by atoms with Crippen molar-refractivity contribution in [3.63, 3.8) is 0 Å². The van der Waals surface area contributed by atoms with E-state index in [0.29, 0.717) is 6.04 Å². The third-order valence-corrected chi connectivity index (χ3v) is 5.01. The lowest BCUT2D eigenvalue weighted by molar-refractivity contribution is 0.523. The van der Waals surface area contributed by atoms with Gasteiger partial charge in [-0.25, -0.2) is 0 Å². The molecule has 1 heterocycles. The van der Waals surface area contributed by atoms with Crippen molar-refractivity contribution < 1.29 is 0 Å². The minimum Gasteiger partial charge on any atom is -0.314 e. The zero-order valence-electron chi connectivity index (χ0n) is 11.4. The van der Waals surface area contributed by atoms with Crippen LogP contribution >= 0.6 is 27.3 Å². The zero-order chi connectivity index (χ0) is 13.7. The summed E-state index contributed by atoms with van der Waals surface area (Å²) in [5.41, 5.74) is 2.84. The van der Waals surface area contributed by atoms with Crippen molar-refractivity contribution >= 4 is 27.3 Å². The van der Waals surface area contributed by atoms with E-state index in [4.69, 9.17) is 0 Å². The Balaban J connectivity index is 2.06. The molecule has 0 spiro atoms. The van der Waals surface area contributed by atoms with Crippen molar-refractivity contribution in [2.45, 2.75) is 32.7 Å². The van der Waals surface area contributed by atoms with Gasteiger partial charge in [0.25, 0.3) is 0 Å². The number of likely N-dealkylation sites (N-methyl/N-ethyl adjacent to an activating group) is 1. The van der Waals surface area contributed by atoms with Crippen molar-refractivity contribution in [3.05, 3.63) is 56.2 Å². The Kier molecular flexibility index (Phi) is 5.61. The molecule has 0 fully saturated rings. The molecule has 1 nitrogen and oxygen atoms in total. The van der Waals surface area contributed by atoms with Crippen LogP contribution in [-0.2, 0) is 12.8 Å². The van der Waals surface area contributed by atoms with Crippen molar-refractivity contribution in [1.29, 1.82) is 0 Å². The van der Waals surface area contributed by atoms with E-state index in [2.05, 4.69) is 70.8 Å². The monoisotopic (exact) mass is 337 g/mol. The van der Waals surface area contributed by atoms with Crippen LogP contribution in [0.25, 0.3) is 0 Å². The normalized spacial score (nSPS) is 12.6. The lowest BCUT2D eigenvalue weighted by atomic mass is 9.99. The number of hydrogen-bond donors (Lipinski definition) is 1. The summed E-state index contributed by atoms with van der Waals surface area (Å²) < 4.78 is 1.19. The molecule has 0 amide bonds. The van der Waals surface area contributed by atoms with Gasteiger partial charge in [0, 0.05) is 20.8 Å². The topological polar surface area (TPSA) is 12.0 Å². The van der Waals surface area contributed by atoms with Gasteiger partial charge in [0.1, 0.15) is 0 Å². The lowest BCUT2D eigenvalue weighted by Gasteiger charge is -2.18. The average molecular weight is 338 g/mol. The van der Waals surface area contributed by atoms with Crippen LogP contribution < -0.4 is 5.32 Å². The number of rotatable bonds is 6. The molecule has 0 aliphatic rings. The summed E-state index contributed by atoms with van der Waals surface area (Å²) in [7, 11) is 0. The van der Waals surface area contributed by atoms with Crippen LogP contribution in [0.2, 0.25) is 0 Å². The number of halogens is 1. The molecule has 0 radical (unpaired) electrons. The summed E-state index contributed by atoms with van der Waals surface area (Å²) in [5, 5.41) is 5.77. The van der Waals surface area contributed by atoms with E-state index in [-0.39, 0.29) is 0 Å². The Morgan fingerprint density at radius 2 is 2.05 bits per heavy atom. The van der Waals surface area contributed by atoms with Crippen LogP contribution in [0.3, 0.4) is 0 Å². The van der Waals surface area contributed by atoms with E-state index in [0.717, 1.165) is 19.4 Å². The maximum Gasteiger partial charge on any atom is 0.0285 e. The summed E-state index contributed by atoms with van der Waals surface area (Å²) in [6, 6.07) is 11.4. The predicted molar refractivity (Wildman–Crippen MR) is 88.1 cm³/mol. The van der Waals surface area contributed by atoms with E-state index in [1.807, 2.05) is 11.3 Å². The highest BCUT2D eigenvalue weighted by Gasteiger charge is 2.12. The number of benzene rings is 1. The number of nitrogens with one attached hydrogen (secondary N) is 1. The first-order valence-electron chi connectivity index (χ1n) is 6.70. The Labute approximate surface area is 128 Å². The smallest absolute Gasteiger partial charge is 0.0285 e. The maximum atomic E-state index is 3.61. The Bertz CT molecular complexity index is 521. The Morgan fingerprint density at radius 3 is 2.68 bits per heavy atom. The number of hydrogen-bond acceptors (Lipinski definition) is 2. The largest absolute Gasteiger partial charge is 0.314 e. The lowest BCUT2D eigenvalue weighted by Crippen LogP contribution is -2.33. The van der Waals surface area contributed by atoms with Gasteiger partial charge in [-0.15, -0.1) is 11.3 Å². The third-order valence-electron chi connectivity index (χ3n) is 3.29. The molecule has 0 aliphatic carbocycles. The highest BCUT2D eigenvalue weighted by molar-refractivity contribution is 9.10. The summed E-state index contributed by atoms with van der Waals surface area (Å²) in [6.07, 6.45) is 2.19. The highest BCUT2D eigenvalue weighted by Crippen LogP contribution is 2.22. The molecule has 2 aromatic rings. The SMILES string of the molecule is CCNC(Cc1cc(Br)cs1)Cc1ccccc1C. The molecule has 1 aromatic carbocycles. The van der Waals surface area contributed by atoms with Gasteiger partial charge in [0.15, 0.2) is 0 Å². The molecule has 19 heavy (non-hydrogen) atoms. The maximum absolute atomic E-state index is 3.61. The number of aryl methyl sites for hydroxylation is 1. The molecule has 1 unspecified atom stereocenters. The van der Waals surface area contributed by atoms with Crippen molar-refractivity contribution in [2.75, 3.05) is 6.54 Å². The van der Waals surface area contributed by atoms with Crippen molar-refractivity contribution in [1.82, 2.24) is 5.32 Å². The molecule has 0 saturated heterocycles. The van der Waals surface area contributed by atoms with Gasteiger partial charge in [0.05, 0.1) is 0 Å². The van der Waals surface area contributed by atoms with Gasteiger partial charge >= 0.3 is 0 Å². The first-order valence-corrected chi connectivity index (χ1v) is 8.37. The fourth-order valence-electron chi connectivity index (χ4n) is 2.31. The fourth-order valence-corrected chi connectivity index (χ4v) is 3.85. The molecule has 2 rings (SSSR count). The average Bonchev–Trinajstić information content (AvgIpc) is 2.78. The first kappa shape index (κ1) is 14.8. The summed E-state index contributed by atoms with van der Waals surface area (Å²) in [6.45, 7) is 5.39. The standard InChI is InChI=1S/C16H20BrNS/c1-3-18-15(10-16-9-14(17)11-19-16)8-13-7-5-4-6-12(13)2/h4-7,9,11,15,18H,3,8,10H2,1-2H3. The minimum absolute atomic E-state index is 0.511. The molecule has 3 heteroatoms. The Morgan fingerprint density at radius 1 is 1.26 bits per heavy atom. The van der Waals surface area contributed by atoms with Gasteiger partial charge < -0.3 is 5.32 Å². The van der Waals surface area contributed by atoms with Crippen molar-refractivity contribution in [2.24, 2.45) is 0 Å². The van der Waals surface area contributed by atoms with Gasteiger partial charge in [-0.2, -0.15) is 0 Å². The molecule has 1 atom stereocenters. The quantitative estimate of drug-likeness (QED) is 0.813. The van der Waals surface area contributed by atoms with E-state index in [1.165, 1.54) is 20.5 Å². The van der Waals surface area contributed by atoms with Crippen molar-refractivity contribution in [3.8, 4) is 0 Å². The second-order valence-corrected chi connectivity index (χ2v) is 6.73. The summed E-state index contributed by atoms with van der Waals surface area (Å²) >= 11 is 5.36. The summed E-state index contributed by atoms with van der Waals surface area (Å²) in [4.78, 5) is 1.44. The van der Waals surface area contributed by atoms with Gasteiger partial charge in [-0.05, 0) is 59.4 Å². The zero-order valence-corrected chi connectivity index (χ0v) is 13.9. The van der Waals surface area contributed by atoms with Crippen LogP contribution in [0.5, 0.6) is 0 Å². The second-order valence-electron chi connectivity index (χ2n) is 4.82. The second kappa shape index (κ2) is 7.22. The third kappa shape index (κ3) is 4.44. The summed E-state index contributed by atoms with van der Waals surface area (Å²) in [5.74, 6) is 0. The van der Waals surface area contributed by atoms with Gasteiger partial charge in [-0.1, -0.05) is 31.2 Å².